The SMILES string of the molecule is COc1ccc(CCCc2ccc(OC)cc2O)cc1. The number of hydrogen-bond acceptors (Lipinski definition) is 3. The second-order valence-corrected chi connectivity index (χ2v) is 4.70. The molecule has 0 amide bonds. The Hall–Kier alpha value is -2.16. The maximum absolute atomic E-state index is 9.89. The molecule has 0 aromatic heterocycles. The first-order chi connectivity index (χ1) is 9.72. The average molecular weight is 272 g/mol. The third-order valence-electron chi connectivity index (χ3n) is 3.36. The molecule has 0 aliphatic heterocycles. The molecule has 0 radical (unpaired) electrons. The molecular formula is C17H20O3. The van der Waals surface area contributed by atoms with E-state index in [1.165, 1.54) is 5.56 Å². The second kappa shape index (κ2) is 6.85. The van der Waals surface area contributed by atoms with Crippen LogP contribution in [0.4, 0.5) is 0 Å². The highest BCUT2D eigenvalue weighted by atomic mass is 16.5. The van der Waals surface area contributed by atoms with E-state index < -0.39 is 0 Å². The molecule has 3 nitrogen and oxygen atoms in total. The first-order valence-corrected chi connectivity index (χ1v) is 6.71. The predicted molar refractivity (Wildman–Crippen MR) is 79.7 cm³/mol. The van der Waals surface area contributed by atoms with Gasteiger partial charge in [0.25, 0.3) is 0 Å². The van der Waals surface area contributed by atoms with Crippen LogP contribution in [-0.4, -0.2) is 19.3 Å². The summed E-state index contributed by atoms with van der Waals surface area (Å²) in [7, 11) is 3.26. The fourth-order valence-corrected chi connectivity index (χ4v) is 2.16. The van der Waals surface area contributed by atoms with Gasteiger partial charge in [0, 0.05) is 6.07 Å². The Morgan fingerprint density at radius 2 is 1.50 bits per heavy atom. The summed E-state index contributed by atoms with van der Waals surface area (Å²) >= 11 is 0. The zero-order chi connectivity index (χ0) is 14.4. The summed E-state index contributed by atoms with van der Waals surface area (Å²) in [6.45, 7) is 0. The van der Waals surface area contributed by atoms with Crippen molar-refractivity contribution < 1.29 is 14.6 Å². The standard InChI is InChI=1S/C17H20O3/c1-19-15-9-6-13(7-10-15)4-3-5-14-8-11-16(20-2)12-17(14)18/h6-12,18H,3-5H2,1-2H3. The van der Waals surface area contributed by atoms with Crippen molar-refractivity contribution in [2.24, 2.45) is 0 Å². The molecule has 1 N–H and O–H groups in total. The number of aromatic hydroxyl groups is 1. The maximum Gasteiger partial charge on any atom is 0.122 e. The van der Waals surface area contributed by atoms with Gasteiger partial charge in [-0.1, -0.05) is 18.2 Å². The number of phenolic OH excluding ortho intramolecular Hbond substituents is 1. The lowest BCUT2D eigenvalue weighted by molar-refractivity contribution is 0.406. The van der Waals surface area contributed by atoms with Crippen LogP contribution in [-0.2, 0) is 12.8 Å². The van der Waals surface area contributed by atoms with Gasteiger partial charge in [0.15, 0.2) is 0 Å². The lowest BCUT2D eigenvalue weighted by Gasteiger charge is -2.07. The van der Waals surface area contributed by atoms with Gasteiger partial charge >= 0.3 is 0 Å². The largest absolute Gasteiger partial charge is 0.508 e. The Bertz CT molecular complexity index is 547. The van der Waals surface area contributed by atoms with Crippen molar-refractivity contribution in [2.45, 2.75) is 19.3 Å². The summed E-state index contributed by atoms with van der Waals surface area (Å²) < 4.78 is 10.2. The molecule has 106 valence electrons. The molecule has 0 aliphatic carbocycles. The van der Waals surface area contributed by atoms with Crippen molar-refractivity contribution in [3.05, 3.63) is 53.6 Å². The number of aryl methyl sites for hydroxylation is 2. The Kier molecular flexibility index (Phi) is 4.88. The van der Waals surface area contributed by atoms with Crippen LogP contribution >= 0.6 is 0 Å². The molecule has 2 aromatic carbocycles. The lowest BCUT2D eigenvalue weighted by Crippen LogP contribution is -1.92. The molecule has 0 aliphatic rings. The highest BCUT2D eigenvalue weighted by Gasteiger charge is 2.03. The zero-order valence-electron chi connectivity index (χ0n) is 11.9. The molecule has 20 heavy (non-hydrogen) atoms. The number of benzene rings is 2. The van der Waals surface area contributed by atoms with Crippen molar-refractivity contribution in [2.75, 3.05) is 14.2 Å². The third-order valence-corrected chi connectivity index (χ3v) is 3.36. The topological polar surface area (TPSA) is 38.7 Å². The highest BCUT2D eigenvalue weighted by molar-refractivity contribution is 5.39. The van der Waals surface area contributed by atoms with Crippen LogP contribution in [0.1, 0.15) is 17.5 Å². The summed E-state index contributed by atoms with van der Waals surface area (Å²) in [6, 6.07) is 13.5. The van der Waals surface area contributed by atoms with E-state index in [1.807, 2.05) is 24.3 Å². The molecule has 0 spiro atoms. The number of ether oxygens (including phenoxy) is 2. The Labute approximate surface area is 119 Å². The van der Waals surface area contributed by atoms with Gasteiger partial charge in [-0.05, 0) is 48.6 Å². The van der Waals surface area contributed by atoms with Gasteiger partial charge in [0.2, 0.25) is 0 Å². The van der Waals surface area contributed by atoms with Gasteiger partial charge in [-0.3, -0.25) is 0 Å². The summed E-state index contributed by atoms with van der Waals surface area (Å²) in [5, 5.41) is 9.89. The first-order valence-electron chi connectivity index (χ1n) is 6.71. The predicted octanol–water partition coefficient (Wildman–Crippen LogP) is 3.58. The van der Waals surface area contributed by atoms with Crippen LogP contribution in [0.2, 0.25) is 0 Å². The van der Waals surface area contributed by atoms with Crippen molar-refractivity contribution in [3.63, 3.8) is 0 Å². The lowest BCUT2D eigenvalue weighted by atomic mass is 10.0. The third kappa shape index (κ3) is 3.67. The van der Waals surface area contributed by atoms with Gasteiger partial charge in [0.1, 0.15) is 17.2 Å². The van der Waals surface area contributed by atoms with Crippen molar-refractivity contribution in [3.8, 4) is 17.2 Å². The molecule has 0 unspecified atom stereocenters. The van der Waals surface area contributed by atoms with E-state index in [1.54, 1.807) is 20.3 Å². The first kappa shape index (κ1) is 14.3. The van der Waals surface area contributed by atoms with Gasteiger partial charge in [0.05, 0.1) is 14.2 Å². The van der Waals surface area contributed by atoms with Crippen molar-refractivity contribution in [1.29, 1.82) is 0 Å². The van der Waals surface area contributed by atoms with Crippen LogP contribution in [0.5, 0.6) is 17.2 Å². The summed E-state index contributed by atoms with van der Waals surface area (Å²) in [4.78, 5) is 0. The van der Waals surface area contributed by atoms with Gasteiger partial charge in [-0.25, -0.2) is 0 Å². The van der Waals surface area contributed by atoms with Crippen LogP contribution in [0.25, 0.3) is 0 Å². The van der Waals surface area contributed by atoms with E-state index >= 15 is 0 Å². The molecule has 2 rings (SSSR count). The van der Waals surface area contributed by atoms with E-state index in [-0.39, 0.29) is 0 Å². The molecule has 0 fully saturated rings. The van der Waals surface area contributed by atoms with Gasteiger partial charge in [-0.15, -0.1) is 0 Å². The molecule has 0 bridgehead atoms. The van der Waals surface area contributed by atoms with Gasteiger partial charge < -0.3 is 14.6 Å². The number of methoxy groups -OCH3 is 2. The monoisotopic (exact) mass is 272 g/mol. The van der Waals surface area contributed by atoms with E-state index in [2.05, 4.69) is 12.1 Å². The summed E-state index contributed by atoms with van der Waals surface area (Å²) in [6.07, 6.45) is 2.82. The van der Waals surface area contributed by atoms with Crippen LogP contribution in [0, 0.1) is 0 Å². The molecule has 2 aromatic rings. The van der Waals surface area contributed by atoms with Crippen LogP contribution < -0.4 is 9.47 Å². The second-order valence-electron chi connectivity index (χ2n) is 4.70. The van der Waals surface area contributed by atoms with Crippen LogP contribution in [0.15, 0.2) is 42.5 Å². The zero-order valence-corrected chi connectivity index (χ0v) is 11.9. The van der Waals surface area contributed by atoms with E-state index in [9.17, 15) is 5.11 Å². The molecule has 3 heteroatoms. The van der Waals surface area contributed by atoms with Gasteiger partial charge in [-0.2, -0.15) is 0 Å². The normalized spacial score (nSPS) is 10.3. The molecule has 0 saturated carbocycles. The Balaban J connectivity index is 1.88. The number of phenols is 1. The molecule has 0 saturated heterocycles. The number of rotatable bonds is 6. The highest BCUT2D eigenvalue weighted by Crippen LogP contribution is 2.25. The average Bonchev–Trinajstić information content (AvgIpc) is 2.49. The van der Waals surface area contributed by atoms with E-state index in [4.69, 9.17) is 9.47 Å². The fraction of sp³-hybridized carbons (Fsp3) is 0.294. The van der Waals surface area contributed by atoms with E-state index in [0.717, 1.165) is 30.6 Å². The Morgan fingerprint density at radius 3 is 2.10 bits per heavy atom. The fourth-order valence-electron chi connectivity index (χ4n) is 2.16. The van der Waals surface area contributed by atoms with E-state index in [0.29, 0.717) is 11.5 Å². The maximum atomic E-state index is 9.89. The van der Waals surface area contributed by atoms with Crippen LogP contribution in [0.3, 0.4) is 0 Å². The minimum Gasteiger partial charge on any atom is -0.508 e. The van der Waals surface area contributed by atoms with Crippen molar-refractivity contribution in [1.82, 2.24) is 0 Å². The Morgan fingerprint density at radius 1 is 0.850 bits per heavy atom. The summed E-state index contributed by atoms with van der Waals surface area (Å²) in [5.41, 5.74) is 2.23. The minimum absolute atomic E-state index is 0.305. The molecule has 0 heterocycles. The molecule has 0 atom stereocenters. The summed E-state index contributed by atoms with van der Waals surface area (Å²) in [5.74, 6) is 1.86. The number of hydrogen-bond donors (Lipinski definition) is 1. The molecular weight excluding hydrogens is 252 g/mol. The minimum atomic E-state index is 0.305. The quantitative estimate of drug-likeness (QED) is 0.873. The smallest absolute Gasteiger partial charge is 0.122 e. The van der Waals surface area contributed by atoms with Crippen molar-refractivity contribution >= 4 is 0 Å².